The van der Waals surface area contributed by atoms with Crippen LogP contribution in [0.15, 0.2) is 53.7 Å². The molecule has 3 heterocycles. The smallest absolute Gasteiger partial charge is 0.267 e. The monoisotopic (exact) mass is 407 g/mol. The van der Waals surface area contributed by atoms with Gasteiger partial charge in [-0.15, -0.1) is 0 Å². The topological polar surface area (TPSA) is 71.0 Å². The number of nitrogens with one attached hydrogen (secondary N) is 1. The second kappa shape index (κ2) is 7.55. The van der Waals surface area contributed by atoms with Crippen LogP contribution >= 0.6 is 0 Å². The fourth-order valence-electron chi connectivity index (χ4n) is 4.54. The number of piperidine rings is 1. The maximum Gasteiger partial charge on any atom is 0.267 e. The van der Waals surface area contributed by atoms with Crippen molar-refractivity contribution in [1.29, 1.82) is 0 Å². The summed E-state index contributed by atoms with van der Waals surface area (Å²) in [5, 5.41) is 7.59. The summed E-state index contributed by atoms with van der Waals surface area (Å²) in [7, 11) is 0. The third-order valence-electron chi connectivity index (χ3n) is 6.25. The third-order valence-corrected chi connectivity index (χ3v) is 6.25. The van der Waals surface area contributed by atoms with E-state index in [0.29, 0.717) is 38.0 Å². The molecule has 0 spiro atoms. The molecule has 7 heteroatoms. The molecule has 5 rings (SSSR count). The summed E-state index contributed by atoms with van der Waals surface area (Å²) in [6.07, 6.45) is 0.549. The molecule has 6 nitrogen and oxygen atoms in total. The molecule has 2 aromatic rings. The molecule has 0 aromatic heterocycles. The number of carbonyl (C=O) groups excluding carboxylic acids is 2. The molecule has 2 unspecified atom stereocenters. The van der Waals surface area contributed by atoms with E-state index in [1.807, 2.05) is 24.3 Å². The summed E-state index contributed by atoms with van der Waals surface area (Å²) in [6, 6.07) is 13.5. The molecule has 3 aliphatic rings. The van der Waals surface area contributed by atoms with Crippen LogP contribution in [0.4, 0.5) is 10.1 Å². The molecule has 2 aromatic carbocycles. The molecule has 2 atom stereocenters. The number of hydrogen-bond donors (Lipinski definition) is 1. The zero-order valence-electron chi connectivity index (χ0n) is 16.4. The van der Waals surface area contributed by atoms with Crippen molar-refractivity contribution < 1.29 is 18.8 Å². The number of likely N-dealkylation sites (tertiary alicyclic amines) is 1. The van der Waals surface area contributed by atoms with E-state index in [2.05, 4.69) is 10.5 Å². The van der Waals surface area contributed by atoms with E-state index >= 15 is 0 Å². The van der Waals surface area contributed by atoms with Gasteiger partial charge >= 0.3 is 0 Å². The largest absolute Gasteiger partial charge is 0.384 e. The highest BCUT2D eigenvalue weighted by Crippen LogP contribution is 2.33. The average Bonchev–Trinajstić information content (AvgIpc) is 3.23. The molecule has 0 radical (unpaired) electrons. The van der Waals surface area contributed by atoms with Crippen LogP contribution in [0.2, 0.25) is 0 Å². The molecule has 0 saturated carbocycles. The number of amides is 1. The lowest BCUT2D eigenvalue weighted by atomic mass is 9.86. The number of Topliss-reactive ketones (excluding diaryl/α,β-unsaturated/α-hetero) is 1. The van der Waals surface area contributed by atoms with Crippen molar-refractivity contribution in [2.45, 2.75) is 18.9 Å². The van der Waals surface area contributed by atoms with Crippen molar-refractivity contribution in [1.82, 2.24) is 4.90 Å². The van der Waals surface area contributed by atoms with Crippen LogP contribution in [0.1, 0.15) is 28.8 Å². The molecule has 0 aliphatic carbocycles. The Balaban J connectivity index is 1.22. The Morgan fingerprint density at radius 2 is 1.80 bits per heavy atom. The van der Waals surface area contributed by atoms with E-state index in [0.717, 1.165) is 17.0 Å². The number of anilines is 1. The lowest BCUT2D eigenvalue weighted by molar-refractivity contribution is -0.145. The molecule has 1 fully saturated rings. The van der Waals surface area contributed by atoms with Crippen LogP contribution in [0.3, 0.4) is 0 Å². The molecule has 154 valence electrons. The SMILES string of the molecule is O=C(c1ccc(F)cc1)C1CCN(C(=O)C2ON=C3c4ccccc4NCC32)CC1. The minimum Gasteiger partial charge on any atom is -0.384 e. The minimum atomic E-state index is -0.634. The van der Waals surface area contributed by atoms with Crippen LogP contribution in [0, 0.1) is 17.7 Å². The molecule has 1 saturated heterocycles. The first-order chi connectivity index (χ1) is 14.6. The number of para-hydroxylation sites is 1. The maximum atomic E-state index is 13.1. The first kappa shape index (κ1) is 18.8. The van der Waals surface area contributed by atoms with Gasteiger partial charge < -0.3 is 15.1 Å². The minimum absolute atomic E-state index is 0.0120. The van der Waals surface area contributed by atoms with Crippen LogP contribution in [0.5, 0.6) is 0 Å². The highest BCUT2D eigenvalue weighted by molar-refractivity contribution is 6.11. The molecule has 1 amide bonds. The van der Waals surface area contributed by atoms with Crippen molar-refractivity contribution in [2.24, 2.45) is 17.0 Å². The second-order valence-corrected chi connectivity index (χ2v) is 8.01. The highest BCUT2D eigenvalue weighted by Gasteiger charge is 2.44. The van der Waals surface area contributed by atoms with Crippen molar-refractivity contribution >= 4 is 23.1 Å². The summed E-state index contributed by atoms with van der Waals surface area (Å²) in [6.45, 7) is 1.61. The highest BCUT2D eigenvalue weighted by atomic mass is 19.1. The van der Waals surface area contributed by atoms with Gasteiger partial charge in [0.1, 0.15) is 5.82 Å². The van der Waals surface area contributed by atoms with Gasteiger partial charge in [-0.05, 0) is 43.2 Å². The van der Waals surface area contributed by atoms with Gasteiger partial charge in [0.25, 0.3) is 5.91 Å². The van der Waals surface area contributed by atoms with Crippen LogP contribution in [0.25, 0.3) is 0 Å². The molecule has 0 bridgehead atoms. The molecular formula is C23H22FN3O3. The summed E-state index contributed by atoms with van der Waals surface area (Å²) >= 11 is 0. The molecular weight excluding hydrogens is 385 g/mol. The second-order valence-electron chi connectivity index (χ2n) is 8.01. The van der Waals surface area contributed by atoms with Gasteiger partial charge in [-0.25, -0.2) is 4.39 Å². The fraction of sp³-hybridized carbons (Fsp3) is 0.348. The van der Waals surface area contributed by atoms with Crippen molar-refractivity contribution in [3.63, 3.8) is 0 Å². The zero-order chi connectivity index (χ0) is 20.7. The van der Waals surface area contributed by atoms with Crippen molar-refractivity contribution in [3.8, 4) is 0 Å². The fourth-order valence-corrected chi connectivity index (χ4v) is 4.54. The number of fused-ring (bicyclic) bond motifs is 3. The summed E-state index contributed by atoms with van der Waals surface area (Å²) in [5.74, 6) is -0.694. The number of oxime groups is 1. The first-order valence-corrected chi connectivity index (χ1v) is 10.3. The standard InChI is InChI=1S/C23H22FN3O3/c24-16-7-5-14(6-8-16)21(28)15-9-11-27(12-10-15)23(29)22-18-13-25-19-4-2-1-3-17(19)20(18)26-30-22/h1-8,15,18,22,25H,9-13H2. The Morgan fingerprint density at radius 1 is 1.07 bits per heavy atom. The number of carbonyl (C=O) groups is 2. The van der Waals surface area contributed by atoms with E-state index in [4.69, 9.17) is 4.84 Å². The number of hydrogen-bond acceptors (Lipinski definition) is 5. The molecule has 30 heavy (non-hydrogen) atoms. The van der Waals surface area contributed by atoms with E-state index in [-0.39, 0.29) is 29.3 Å². The number of benzene rings is 2. The lowest BCUT2D eigenvalue weighted by Gasteiger charge is -2.34. The Kier molecular flexibility index (Phi) is 4.73. The quantitative estimate of drug-likeness (QED) is 0.794. The summed E-state index contributed by atoms with van der Waals surface area (Å²) in [5.41, 5.74) is 3.33. The van der Waals surface area contributed by atoms with Gasteiger partial charge in [0.15, 0.2) is 5.78 Å². The Bertz CT molecular complexity index is 1010. The number of nitrogens with zero attached hydrogens (tertiary/aromatic N) is 2. The zero-order valence-corrected chi connectivity index (χ0v) is 16.4. The van der Waals surface area contributed by atoms with Crippen molar-refractivity contribution in [2.75, 3.05) is 25.0 Å². The first-order valence-electron chi connectivity index (χ1n) is 10.3. The van der Waals surface area contributed by atoms with Crippen LogP contribution in [-0.2, 0) is 9.63 Å². The lowest BCUT2D eigenvalue weighted by Crippen LogP contribution is -2.49. The van der Waals surface area contributed by atoms with Gasteiger partial charge in [-0.1, -0.05) is 23.4 Å². The molecule has 3 aliphatic heterocycles. The van der Waals surface area contributed by atoms with Gasteiger partial charge in [0.2, 0.25) is 6.10 Å². The average molecular weight is 407 g/mol. The van der Waals surface area contributed by atoms with E-state index < -0.39 is 6.10 Å². The van der Waals surface area contributed by atoms with Gasteiger partial charge in [-0.2, -0.15) is 0 Å². The van der Waals surface area contributed by atoms with E-state index in [9.17, 15) is 14.0 Å². The van der Waals surface area contributed by atoms with E-state index in [1.54, 1.807) is 4.90 Å². The number of ketones is 1. The summed E-state index contributed by atoms with van der Waals surface area (Å²) in [4.78, 5) is 33.2. The predicted octanol–water partition coefficient (Wildman–Crippen LogP) is 3.09. The Hall–Kier alpha value is -3.22. The molecule has 1 N–H and O–H groups in total. The normalized spacial score (nSPS) is 23.0. The van der Waals surface area contributed by atoms with Crippen LogP contribution in [-0.4, -0.2) is 48.0 Å². The van der Waals surface area contributed by atoms with Gasteiger partial charge in [0, 0.05) is 42.4 Å². The number of rotatable bonds is 3. The van der Waals surface area contributed by atoms with Gasteiger partial charge in [-0.3, -0.25) is 9.59 Å². The van der Waals surface area contributed by atoms with Crippen molar-refractivity contribution in [3.05, 3.63) is 65.5 Å². The van der Waals surface area contributed by atoms with E-state index in [1.165, 1.54) is 24.3 Å². The summed E-state index contributed by atoms with van der Waals surface area (Å²) < 4.78 is 13.1. The third kappa shape index (κ3) is 3.24. The van der Waals surface area contributed by atoms with Gasteiger partial charge in [0.05, 0.1) is 11.6 Å². The predicted molar refractivity (Wildman–Crippen MR) is 110 cm³/mol. The maximum absolute atomic E-state index is 13.1. The number of halogens is 1. The van der Waals surface area contributed by atoms with Crippen LogP contribution < -0.4 is 5.32 Å². The Labute approximate surface area is 173 Å². The Morgan fingerprint density at radius 3 is 2.57 bits per heavy atom.